The Bertz CT molecular complexity index is 228. The van der Waals surface area contributed by atoms with Gasteiger partial charge in [0.15, 0.2) is 0 Å². The van der Waals surface area contributed by atoms with Gasteiger partial charge < -0.3 is 0 Å². The summed E-state index contributed by atoms with van der Waals surface area (Å²) in [5.41, 5.74) is 0. The zero-order valence-electron chi connectivity index (χ0n) is 6.22. The van der Waals surface area contributed by atoms with Crippen LogP contribution in [0.1, 0.15) is 13.3 Å². The van der Waals surface area contributed by atoms with Gasteiger partial charge in [-0.3, -0.25) is 0 Å². The third-order valence-electron chi connectivity index (χ3n) is 1.50. The lowest BCUT2D eigenvalue weighted by atomic mass is 10.1. The van der Waals surface area contributed by atoms with Gasteiger partial charge in [-0.2, -0.15) is 0 Å². The Morgan fingerprint density at radius 2 is 2.27 bits per heavy atom. The maximum Gasteiger partial charge on any atom is 0.109 e. The molecule has 1 heterocycles. The molecule has 1 nitrogen and oxygen atoms in total. The summed E-state index contributed by atoms with van der Waals surface area (Å²) in [5.74, 6) is 0.273. The topological polar surface area (TPSA) is 12.4 Å². The Balaban J connectivity index is 2.81. The molecule has 1 aliphatic heterocycles. The second-order valence-electron chi connectivity index (χ2n) is 2.49. The van der Waals surface area contributed by atoms with Crippen LogP contribution < -0.4 is 0 Å². The Morgan fingerprint density at radius 3 is 3.00 bits per heavy atom. The van der Waals surface area contributed by atoms with Gasteiger partial charge in [-0.15, -0.1) is 0 Å². The van der Waals surface area contributed by atoms with E-state index in [4.69, 9.17) is 23.2 Å². The van der Waals surface area contributed by atoms with Crippen LogP contribution in [0.3, 0.4) is 0 Å². The highest BCUT2D eigenvalue weighted by Crippen LogP contribution is 2.16. The smallest absolute Gasteiger partial charge is 0.109 e. The van der Waals surface area contributed by atoms with E-state index >= 15 is 0 Å². The molecule has 1 aliphatic rings. The van der Waals surface area contributed by atoms with E-state index in [1.54, 1.807) is 12.3 Å². The standard InChI is InChI=1S/C8H9Cl2N/c1-6-2-3-7(9)4-5-11-8(6)10/h3-6H,2H2,1H3/b5-4-,7-3-,11-8+. The van der Waals surface area contributed by atoms with Crippen LogP contribution in [-0.4, -0.2) is 5.17 Å². The third kappa shape index (κ3) is 2.68. The Morgan fingerprint density at radius 1 is 1.55 bits per heavy atom. The molecule has 0 aromatic rings. The maximum absolute atomic E-state index is 5.82. The summed E-state index contributed by atoms with van der Waals surface area (Å²) in [4.78, 5) is 3.99. The van der Waals surface area contributed by atoms with E-state index in [0.29, 0.717) is 5.17 Å². The first-order valence-corrected chi connectivity index (χ1v) is 4.21. The van der Waals surface area contributed by atoms with Gasteiger partial charge in [-0.05, 0) is 12.5 Å². The van der Waals surface area contributed by atoms with Crippen LogP contribution in [0.4, 0.5) is 0 Å². The highest BCUT2D eigenvalue weighted by Gasteiger charge is 2.06. The summed E-state index contributed by atoms with van der Waals surface area (Å²) < 4.78 is 0. The molecule has 0 aromatic heterocycles. The van der Waals surface area contributed by atoms with Crippen molar-refractivity contribution in [3.63, 3.8) is 0 Å². The van der Waals surface area contributed by atoms with Gasteiger partial charge >= 0.3 is 0 Å². The quantitative estimate of drug-likeness (QED) is 0.555. The monoisotopic (exact) mass is 189 g/mol. The molecule has 11 heavy (non-hydrogen) atoms. The van der Waals surface area contributed by atoms with Crippen LogP contribution in [-0.2, 0) is 0 Å². The number of rotatable bonds is 0. The van der Waals surface area contributed by atoms with E-state index in [2.05, 4.69) is 4.99 Å². The van der Waals surface area contributed by atoms with Crippen molar-refractivity contribution in [3.8, 4) is 0 Å². The summed E-state index contributed by atoms with van der Waals surface area (Å²) in [6, 6.07) is 0. The average molecular weight is 190 g/mol. The summed E-state index contributed by atoms with van der Waals surface area (Å²) in [6.07, 6.45) is 6.15. The lowest BCUT2D eigenvalue weighted by molar-refractivity contribution is 0.799. The Hall–Kier alpha value is -0.270. The van der Waals surface area contributed by atoms with Crippen LogP contribution in [0.15, 0.2) is 28.4 Å². The number of hydrogen-bond acceptors (Lipinski definition) is 1. The summed E-state index contributed by atoms with van der Waals surface area (Å²) >= 11 is 11.6. The summed E-state index contributed by atoms with van der Waals surface area (Å²) in [6.45, 7) is 2.02. The van der Waals surface area contributed by atoms with Crippen molar-refractivity contribution in [3.05, 3.63) is 23.4 Å². The van der Waals surface area contributed by atoms with Crippen molar-refractivity contribution >= 4 is 28.4 Å². The first kappa shape index (κ1) is 8.82. The first-order valence-electron chi connectivity index (χ1n) is 3.45. The van der Waals surface area contributed by atoms with E-state index in [-0.39, 0.29) is 5.92 Å². The number of hydrogen-bond donors (Lipinski definition) is 0. The average Bonchev–Trinajstić information content (AvgIpc) is 1.98. The van der Waals surface area contributed by atoms with Crippen LogP contribution in [0.2, 0.25) is 0 Å². The number of allylic oxidation sites excluding steroid dienone is 3. The Labute approximate surface area is 76.4 Å². The van der Waals surface area contributed by atoms with Crippen LogP contribution in [0.5, 0.6) is 0 Å². The zero-order valence-corrected chi connectivity index (χ0v) is 7.73. The van der Waals surface area contributed by atoms with Gasteiger partial charge in [-0.1, -0.05) is 36.2 Å². The molecule has 0 saturated carbocycles. The predicted octanol–water partition coefficient (Wildman–Crippen LogP) is 3.30. The largest absolute Gasteiger partial charge is 0.249 e. The third-order valence-corrected chi connectivity index (χ3v) is 2.26. The van der Waals surface area contributed by atoms with Crippen molar-refractivity contribution < 1.29 is 0 Å². The van der Waals surface area contributed by atoms with Gasteiger partial charge in [0.25, 0.3) is 0 Å². The predicted molar refractivity (Wildman–Crippen MR) is 50.1 cm³/mol. The minimum atomic E-state index is 0.273. The molecule has 0 saturated heterocycles. The summed E-state index contributed by atoms with van der Waals surface area (Å²) in [5, 5.41) is 1.37. The van der Waals surface area contributed by atoms with Gasteiger partial charge in [0, 0.05) is 17.2 Å². The SMILES string of the molecule is CC1C/C=C(Cl)/C=C\N=C/1Cl. The van der Waals surface area contributed by atoms with Crippen LogP contribution >= 0.6 is 23.2 Å². The van der Waals surface area contributed by atoms with Crippen molar-refractivity contribution in [1.82, 2.24) is 0 Å². The highest BCUT2D eigenvalue weighted by molar-refractivity contribution is 6.65. The van der Waals surface area contributed by atoms with Crippen molar-refractivity contribution in [2.75, 3.05) is 0 Å². The van der Waals surface area contributed by atoms with Crippen LogP contribution in [0.25, 0.3) is 0 Å². The molecule has 0 bridgehead atoms. The molecule has 60 valence electrons. The lowest BCUT2D eigenvalue weighted by Gasteiger charge is -2.06. The fraction of sp³-hybridized carbons (Fsp3) is 0.375. The molecule has 3 heteroatoms. The molecule has 0 aromatic carbocycles. The number of halogens is 2. The number of aliphatic imine (C=N–C) groups is 1. The van der Waals surface area contributed by atoms with Gasteiger partial charge in [-0.25, -0.2) is 4.99 Å². The minimum absolute atomic E-state index is 0.273. The van der Waals surface area contributed by atoms with Crippen molar-refractivity contribution in [2.24, 2.45) is 10.9 Å². The van der Waals surface area contributed by atoms with E-state index in [9.17, 15) is 0 Å². The molecule has 1 unspecified atom stereocenters. The highest BCUT2D eigenvalue weighted by atomic mass is 35.5. The molecule has 0 N–H and O–H groups in total. The minimum Gasteiger partial charge on any atom is -0.249 e. The van der Waals surface area contributed by atoms with E-state index < -0.39 is 0 Å². The first-order chi connectivity index (χ1) is 5.20. The second-order valence-corrected chi connectivity index (χ2v) is 3.32. The molecule has 0 fully saturated rings. The molecular weight excluding hydrogens is 181 g/mol. The Kier molecular flexibility index (Phi) is 3.16. The molecule has 0 spiro atoms. The lowest BCUT2D eigenvalue weighted by Crippen LogP contribution is -2.03. The maximum atomic E-state index is 5.82. The molecule has 1 rings (SSSR count). The second kappa shape index (κ2) is 3.93. The normalized spacial score (nSPS) is 37.5. The van der Waals surface area contributed by atoms with Crippen molar-refractivity contribution in [1.29, 1.82) is 0 Å². The molecule has 0 aliphatic carbocycles. The van der Waals surface area contributed by atoms with Gasteiger partial charge in [0.05, 0.1) is 0 Å². The van der Waals surface area contributed by atoms with E-state index in [1.807, 2.05) is 13.0 Å². The molecular formula is C8H9Cl2N. The van der Waals surface area contributed by atoms with E-state index in [1.165, 1.54) is 0 Å². The molecule has 1 atom stereocenters. The molecule has 0 amide bonds. The fourth-order valence-corrected chi connectivity index (χ4v) is 1.05. The fourth-order valence-electron chi connectivity index (χ4n) is 0.762. The van der Waals surface area contributed by atoms with Crippen LogP contribution in [0, 0.1) is 5.92 Å². The van der Waals surface area contributed by atoms with Gasteiger partial charge in [0.1, 0.15) is 5.17 Å². The van der Waals surface area contributed by atoms with Gasteiger partial charge in [0.2, 0.25) is 0 Å². The zero-order chi connectivity index (χ0) is 8.27. The van der Waals surface area contributed by atoms with E-state index in [0.717, 1.165) is 11.5 Å². The summed E-state index contributed by atoms with van der Waals surface area (Å²) in [7, 11) is 0. The number of nitrogens with zero attached hydrogens (tertiary/aromatic N) is 1. The molecule has 0 radical (unpaired) electrons. The van der Waals surface area contributed by atoms with Crippen molar-refractivity contribution in [2.45, 2.75) is 13.3 Å².